The van der Waals surface area contributed by atoms with Crippen LogP contribution in [0.25, 0.3) is 0 Å². The van der Waals surface area contributed by atoms with Gasteiger partial charge in [-0.25, -0.2) is 9.78 Å². The van der Waals surface area contributed by atoms with Crippen molar-refractivity contribution in [3.8, 4) is 10.8 Å². The molecule has 3 aromatic rings. The van der Waals surface area contributed by atoms with E-state index in [2.05, 4.69) is 44.9 Å². The van der Waals surface area contributed by atoms with Crippen molar-refractivity contribution >= 4 is 39.8 Å². The Kier molecular flexibility index (Phi) is 11.4. The minimum absolute atomic E-state index is 0.127. The maximum atomic E-state index is 12.9. The van der Waals surface area contributed by atoms with Gasteiger partial charge in [-0.2, -0.15) is 0 Å². The smallest absolute Gasteiger partial charge is 0.319 e. The lowest BCUT2D eigenvalue weighted by Gasteiger charge is -2.35. The zero-order valence-corrected chi connectivity index (χ0v) is 25.6. The number of rotatable bonds is 13. The molecule has 0 radical (unpaired) electrons. The Bertz CT molecular complexity index is 1350. The van der Waals surface area contributed by atoms with Crippen LogP contribution in [0.15, 0.2) is 60.8 Å². The van der Waals surface area contributed by atoms with Crippen LogP contribution >= 0.6 is 11.3 Å². The van der Waals surface area contributed by atoms with Crippen molar-refractivity contribution in [2.45, 2.75) is 71.6 Å². The van der Waals surface area contributed by atoms with Crippen molar-refractivity contribution in [2.24, 2.45) is 0 Å². The molecule has 224 valence electrons. The Morgan fingerprint density at radius 2 is 1.86 bits per heavy atom. The van der Waals surface area contributed by atoms with Crippen molar-refractivity contribution in [3.63, 3.8) is 0 Å². The SMILES string of the molecule is CCCC1CC=CCN1c1ccc(C(=O)Nc2ncc(Oc3ccc(NC(=O)NC(CC)CC)cc3COC)s2)cc1. The summed E-state index contributed by atoms with van der Waals surface area (Å²) >= 11 is 1.23. The van der Waals surface area contributed by atoms with Crippen molar-refractivity contribution in [2.75, 3.05) is 29.2 Å². The third-order valence-electron chi connectivity index (χ3n) is 7.26. The normalized spacial score (nSPS) is 14.6. The van der Waals surface area contributed by atoms with E-state index < -0.39 is 0 Å². The van der Waals surface area contributed by atoms with Gasteiger partial charge in [-0.3, -0.25) is 10.1 Å². The molecule has 0 aliphatic carbocycles. The second-order valence-corrected chi connectivity index (χ2v) is 11.3. The zero-order valence-electron chi connectivity index (χ0n) is 24.8. The van der Waals surface area contributed by atoms with Crippen LogP contribution in [-0.2, 0) is 11.3 Å². The quantitative estimate of drug-likeness (QED) is 0.177. The Labute approximate surface area is 252 Å². The minimum atomic E-state index is -0.248. The Morgan fingerprint density at radius 3 is 2.57 bits per heavy atom. The number of carbonyl (C=O) groups is 2. The van der Waals surface area contributed by atoms with Crippen LogP contribution in [0.4, 0.5) is 21.3 Å². The molecule has 1 aliphatic rings. The predicted octanol–water partition coefficient (Wildman–Crippen LogP) is 7.58. The molecule has 2 heterocycles. The van der Waals surface area contributed by atoms with Crippen molar-refractivity contribution < 1.29 is 19.1 Å². The third-order valence-corrected chi connectivity index (χ3v) is 8.05. The molecular weight excluding hydrogens is 550 g/mol. The molecule has 0 spiro atoms. The van der Waals surface area contributed by atoms with E-state index in [1.807, 2.05) is 44.2 Å². The number of nitrogens with one attached hydrogen (secondary N) is 3. The number of anilines is 3. The average molecular weight is 592 g/mol. The molecule has 3 N–H and O–H groups in total. The number of amides is 3. The van der Waals surface area contributed by atoms with Crippen molar-refractivity contribution in [1.29, 1.82) is 0 Å². The molecule has 9 nitrogen and oxygen atoms in total. The molecule has 2 aromatic carbocycles. The lowest BCUT2D eigenvalue weighted by Crippen LogP contribution is -2.37. The molecule has 4 rings (SSSR count). The van der Waals surface area contributed by atoms with Gasteiger partial charge in [0.1, 0.15) is 5.75 Å². The molecule has 1 unspecified atom stereocenters. The number of urea groups is 1. The summed E-state index contributed by atoms with van der Waals surface area (Å²) in [5.74, 6) is 0.349. The number of benzene rings is 2. The summed E-state index contributed by atoms with van der Waals surface area (Å²) in [6.07, 6.45) is 11.1. The van der Waals surface area contributed by atoms with E-state index in [1.165, 1.54) is 11.3 Å². The summed E-state index contributed by atoms with van der Waals surface area (Å²) in [7, 11) is 1.60. The third kappa shape index (κ3) is 8.33. The summed E-state index contributed by atoms with van der Waals surface area (Å²) in [4.78, 5) is 32.0. The van der Waals surface area contributed by atoms with Crippen LogP contribution < -0.4 is 25.6 Å². The lowest BCUT2D eigenvalue weighted by atomic mass is 10.0. The molecule has 0 saturated heterocycles. The Balaban J connectivity index is 1.37. The van der Waals surface area contributed by atoms with E-state index in [9.17, 15) is 9.59 Å². The molecule has 1 aliphatic heterocycles. The zero-order chi connectivity index (χ0) is 29.9. The first-order valence-electron chi connectivity index (χ1n) is 14.6. The van der Waals surface area contributed by atoms with Crippen LogP contribution in [0.1, 0.15) is 68.8 Å². The van der Waals surface area contributed by atoms with Gasteiger partial charge in [-0.05, 0) is 68.1 Å². The fourth-order valence-electron chi connectivity index (χ4n) is 4.96. The van der Waals surface area contributed by atoms with Gasteiger partial charge in [0, 0.05) is 48.2 Å². The molecule has 0 fully saturated rings. The highest BCUT2D eigenvalue weighted by atomic mass is 32.1. The first-order chi connectivity index (χ1) is 20.4. The monoisotopic (exact) mass is 591 g/mol. The molecular formula is C32H41N5O4S. The predicted molar refractivity (Wildman–Crippen MR) is 170 cm³/mol. The van der Waals surface area contributed by atoms with Gasteiger partial charge < -0.3 is 25.0 Å². The number of hydrogen-bond acceptors (Lipinski definition) is 7. The van der Waals surface area contributed by atoms with Crippen LogP contribution in [0.5, 0.6) is 10.8 Å². The number of aromatic nitrogens is 1. The number of carbonyl (C=O) groups excluding carboxylic acids is 2. The maximum Gasteiger partial charge on any atom is 0.319 e. The lowest BCUT2D eigenvalue weighted by molar-refractivity contribution is 0.102. The highest BCUT2D eigenvalue weighted by molar-refractivity contribution is 7.17. The Morgan fingerprint density at radius 1 is 1.07 bits per heavy atom. The second-order valence-electron chi connectivity index (χ2n) is 10.3. The van der Waals surface area contributed by atoms with Gasteiger partial charge in [0.25, 0.3) is 5.91 Å². The van der Waals surface area contributed by atoms with Crippen LogP contribution in [0, 0.1) is 0 Å². The first kappa shape index (κ1) is 31.1. The molecule has 1 atom stereocenters. The summed E-state index contributed by atoms with van der Waals surface area (Å²) in [6.45, 7) is 7.48. The van der Waals surface area contributed by atoms with E-state index in [4.69, 9.17) is 9.47 Å². The van der Waals surface area contributed by atoms with Gasteiger partial charge in [0.15, 0.2) is 5.13 Å². The summed E-state index contributed by atoms with van der Waals surface area (Å²) < 4.78 is 11.4. The van der Waals surface area contributed by atoms with Gasteiger partial charge in [0.2, 0.25) is 5.06 Å². The molecule has 10 heteroatoms. The number of nitrogens with zero attached hydrogens (tertiary/aromatic N) is 2. The van der Waals surface area contributed by atoms with Crippen molar-refractivity contribution in [3.05, 3.63) is 71.9 Å². The van der Waals surface area contributed by atoms with E-state index in [0.717, 1.165) is 49.9 Å². The highest BCUT2D eigenvalue weighted by Crippen LogP contribution is 2.34. The van der Waals surface area contributed by atoms with Gasteiger partial charge in [0.05, 0.1) is 12.8 Å². The van der Waals surface area contributed by atoms with E-state index >= 15 is 0 Å². The first-order valence-corrected chi connectivity index (χ1v) is 15.4. The van der Waals surface area contributed by atoms with E-state index in [-0.39, 0.29) is 18.0 Å². The average Bonchev–Trinajstić information content (AvgIpc) is 3.44. The molecule has 3 amide bonds. The standard InChI is InChI=1S/C32H41N5O4S/c1-5-10-26-11-8-9-18-37(26)27-15-12-22(13-16-27)30(38)36-32-33-20-29(42-32)41-28-17-14-25(19-23(28)21-40-4)35-31(39)34-24(6-2)7-3/h8-9,12-17,19-20,24,26H,5-7,10-11,18,21H2,1-4H3,(H,33,36,38)(H2,34,35,39). The van der Waals surface area contributed by atoms with Crippen LogP contribution in [0.2, 0.25) is 0 Å². The number of hydrogen-bond donors (Lipinski definition) is 3. The van der Waals surface area contributed by atoms with Crippen molar-refractivity contribution in [1.82, 2.24) is 10.3 Å². The Hall–Kier alpha value is -3.89. The van der Waals surface area contributed by atoms with Gasteiger partial charge >= 0.3 is 6.03 Å². The topological polar surface area (TPSA) is 105 Å². The fraction of sp³-hybridized carbons (Fsp3) is 0.406. The molecule has 0 saturated carbocycles. The number of thiazole rings is 1. The highest BCUT2D eigenvalue weighted by Gasteiger charge is 2.20. The summed E-state index contributed by atoms with van der Waals surface area (Å²) in [5, 5.41) is 9.67. The fourth-order valence-corrected chi connectivity index (χ4v) is 5.63. The van der Waals surface area contributed by atoms with Gasteiger partial charge in [-0.15, -0.1) is 0 Å². The van der Waals surface area contributed by atoms with E-state index in [1.54, 1.807) is 25.4 Å². The molecule has 1 aromatic heterocycles. The molecule has 42 heavy (non-hydrogen) atoms. The second kappa shape index (κ2) is 15.4. The molecule has 0 bridgehead atoms. The number of ether oxygens (including phenoxy) is 2. The van der Waals surface area contributed by atoms with E-state index in [0.29, 0.717) is 39.8 Å². The van der Waals surface area contributed by atoms with Crippen LogP contribution in [-0.4, -0.2) is 42.7 Å². The van der Waals surface area contributed by atoms with Gasteiger partial charge in [-0.1, -0.05) is 50.7 Å². The minimum Gasteiger partial charge on any atom is -0.445 e. The summed E-state index contributed by atoms with van der Waals surface area (Å²) in [5.41, 5.74) is 3.09. The van der Waals surface area contributed by atoms with Crippen LogP contribution in [0.3, 0.4) is 0 Å². The maximum absolute atomic E-state index is 12.9. The summed E-state index contributed by atoms with van der Waals surface area (Å²) in [6, 6.07) is 13.5. The number of methoxy groups -OCH3 is 1. The largest absolute Gasteiger partial charge is 0.445 e.